The van der Waals surface area contributed by atoms with E-state index >= 15 is 0 Å². The Bertz CT molecular complexity index is 415. The Morgan fingerprint density at radius 2 is 2.12 bits per heavy atom. The van der Waals surface area contributed by atoms with E-state index in [4.69, 9.17) is 26.2 Å². The fourth-order valence-corrected chi connectivity index (χ4v) is 1.56. The predicted octanol–water partition coefficient (Wildman–Crippen LogP) is 3.22. The van der Waals surface area contributed by atoms with Crippen LogP contribution in [0.5, 0.6) is 11.5 Å². The zero-order valence-electron chi connectivity index (χ0n) is 9.99. The Hall–Kier alpha value is -1.42. The number of aromatic carboxylic acids is 1. The molecule has 0 aliphatic rings. The number of carboxylic acids is 1. The van der Waals surface area contributed by atoms with Gasteiger partial charge in [-0.25, -0.2) is 4.79 Å². The molecule has 0 unspecified atom stereocenters. The van der Waals surface area contributed by atoms with E-state index in [-0.39, 0.29) is 16.7 Å². The summed E-state index contributed by atoms with van der Waals surface area (Å²) >= 11 is 5.99. The largest absolute Gasteiger partial charge is 0.490 e. The first-order valence-corrected chi connectivity index (χ1v) is 5.69. The van der Waals surface area contributed by atoms with Crippen molar-refractivity contribution in [1.82, 2.24) is 0 Å². The Kier molecular flexibility index (Phi) is 4.63. The van der Waals surface area contributed by atoms with Gasteiger partial charge in [-0.1, -0.05) is 11.6 Å². The van der Waals surface area contributed by atoms with Crippen LogP contribution in [0.4, 0.5) is 0 Å². The van der Waals surface area contributed by atoms with E-state index in [0.717, 1.165) is 0 Å². The van der Waals surface area contributed by atoms with E-state index in [1.54, 1.807) is 6.92 Å². The minimum absolute atomic E-state index is 0.0672. The van der Waals surface area contributed by atoms with Crippen molar-refractivity contribution in [2.45, 2.75) is 26.9 Å². The van der Waals surface area contributed by atoms with Crippen LogP contribution in [0.15, 0.2) is 12.1 Å². The Labute approximate surface area is 105 Å². The first-order valence-electron chi connectivity index (χ1n) is 5.32. The maximum absolute atomic E-state index is 10.9. The van der Waals surface area contributed by atoms with Crippen molar-refractivity contribution in [3.63, 3.8) is 0 Å². The van der Waals surface area contributed by atoms with Gasteiger partial charge in [0.15, 0.2) is 11.5 Å². The highest BCUT2D eigenvalue weighted by Crippen LogP contribution is 2.37. The molecule has 1 aromatic carbocycles. The first kappa shape index (κ1) is 13.6. The van der Waals surface area contributed by atoms with Crippen LogP contribution in [0.25, 0.3) is 0 Å². The average Bonchev–Trinajstić information content (AvgIpc) is 2.22. The third-order valence-electron chi connectivity index (χ3n) is 1.91. The smallest absolute Gasteiger partial charge is 0.335 e. The van der Waals surface area contributed by atoms with Gasteiger partial charge in [-0.3, -0.25) is 0 Å². The lowest BCUT2D eigenvalue weighted by atomic mass is 10.2. The van der Waals surface area contributed by atoms with Crippen LogP contribution in [0.2, 0.25) is 5.02 Å². The van der Waals surface area contributed by atoms with E-state index in [1.807, 2.05) is 13.8 Å². The number of halogens is 1. The lowest BCUT2D eigenvalue weighted by Gasteiger charge is -2.16. The van der Waals surface area contributed by atoms with Crippen LogP contribution in [0.3, 0.4) is 0 Å². The number of hydrogen-bond donors (Lipinski definition) is 1. The van der Waals surface area contributed by atoms with Crippen molar-refractivity contribution in [3.8, 4) is 11.5 Å². The molecule has 5 heteroatoms. The number of ether oxygens (including phenoxy) is 2. The lowest BCUT2D eigenvalue weighted by molar-refractivity contribution is 0.0696. The zero-order valence-corrected chi connectivity index (χ0v) is 10.7. The van der Waals surface area contributed by atoms with Gasteiger partial charge in [0.05, 0.1) is 23.3 Å². The summed E-state index contributed by atoms with van der Waals surface area (Å²) in [5.74, 6) is -0.316. The average molecular weight is 259 g/mol. The number of benzene rings is 1. The van der Waals surface area contributed by atoms with Gasteiger partial charge < -0.3 is 14.6 Å². The van der Waals surface area contributed by atoms with Crippen LogP contribution in [0, 0.1) is 0 Å². The molecule has 0 saturated carbocycles. The summed E-state index contributed by atoms with van der Waals surface area (Å²) in [5.41, 5.74) is 0.0783. The van der Waals surface area contributed by atoms with E-state index in [9.17, 15) is 4.79 Å². The molecular formula is C12H15ClO4. The molecule has 0 spiro atoms. The monoisotopic (exact) mass is 258 g/mol. The van der Waals surface area contributed by atoms with Crippen molar-refractivity contribution in [1.29, 1.82) is 0 Å². The van der Waals surface area contributed by atoms with Gasteiger partial charge in [-0.2, -0.15) is 0 Å². The molecule has 0 aliphatic carbocycles. The SMILES string of the molecule is CCOc1cc(C(=O)O)cc(Cl)c1OC(C)C. The van der Waals surface area contributed by atoms with Gasteiger partial charge in [-0.05, 0) is 32.9 Å². The summed E-state index contributed by atoms with van der Waals surface area (Å²) in [4.78, 5) is 10.9. The Balaban J connectivity index is 3.22. The topological polar surface area (TPSA) is 55.8 Å². The van der Waals surface area contributed by atoms with Crippen molar-refractivity contribution in [3.05, 3.63) is 22.7 Å². The fraction of sp³-hybridized carbons (Fsp3) is 0.417. The maximum atomic E-state index is 10.9. The molecule has 0 amide bonds. The van der Waals surface area contributed by atoms with Gasteiger partial charge in [0.25, 0.3) is 0 Å². The molecular weight excluding hydrogens is 244 g/mol. The molecule has 0 atom stereocenters. The third kappa shape index (κ3) is 3.53. The molecule has 1 aromatic rings. The van der Waals surface area contributed by atoms with E-state index < -0.39 is 5.97 Å². The summed E-state index contributed by atoms with van der Waals surface area (Å²) in [6.07, 6.45) is -0.0672. The van der Waals surface area contributed by atoms with Crippen LogP contribution >= 0.6 is 11.6 Å². The van der Waals surface area contributed by atoms with Gasteiger partial charge in [0.1, 0.15) is 0 Å². The molecule has 94 valence electrons. The standard InChI is InChI=1S/C12H15ClO4/c1-4-16-10-6-8(12(14)15)5-9(13)11(10)17-7(2)3/h5-7H,4H2,1-3H3,(H,14,15). The van der Waals surface area contributed by atoms with Crippen LogP contribution < -0.4 is 9.47 Å². The molecule has 1 N–H and O–H groups in total. The zero-order chi connectivity index (χ0) is 13.0. The molecule has 0 radical (unpaired) electrons. The minimum Gasteiger partial charge on any atom is -0.490 e. The first-order chi connectivity index (χ1) is 7.95. The molecule has 0 saturated heterocycles. The van der Waals surface area contributed by atoms with Gasteiger partial charge in [0, 0.05) is 0 Å². The van der Waals surface area contributed by atoms with Crippen molar-refractivity contribution >= 4 is 17.6 Å². The van der Waals surface area contributed by atoms with Crippen molar-refractivity contribution in [2.75, 3.05) is 6.61 Å². The Morgan fingerprint density at radius 3 is 2.59 bits per heavy atom. The van der Waals surface area contributed by atoms with Crippen LogP contribution in [-0.2, 0) is 0 Å². The number of hydrogen-bond acceptors (Lipinski definition) is 3. The molecule has 0 bridgehead atoms. The summed E-state index contributed by atoms with van der Waals surface area (Å²) in [6, 6.07) is 2.76. The molecule has 1 rings (SSSR count). The van der Waals surface area contributed by atoms with Crippen molar-refractivity contribution in [2.24, 2.45) is 0 Å². The summed E-state index contributed by atoms with van der Waals surface area (Å²) in [6.45, 7) is 5.93. The number of rotatable bonds is 5. The highest BCUT2D eigenvalue weighted by Gasteiger charge is 2.16. The van der Waals surface area contributed by atoms with Crippen LogP contribution in [-0.4, -0.2) is 23.8 Å². The van der Waals surface area contributed by atoms with E-state index in [0.29, 0.717) is 18.1 Å². The molecule has 0 heterocycles. The highest BCUT2D eigenvalue weighted by atomic mass is 35.5. The van der Waals surface area contributed by atoms with Gasteiger partial charge in [-0.15, -0.1) is 0 Å². The maximum Gasteiger partial charge on any atom is 0.335 e. The second-order valence-corrected chi connectivity index (χ2v) is 4.10. The number of carbonyl (C=O) groups is 1. The van der Waals surface area contributed by atoms with Crippen LogP contribution in [0.1, 0.15) is 31.1 Å². The summed E-state index contributed by atoms with van der Waals surface area (Å²) in [7, 11) is 0. The normalized spacial score (nSPS) is 10.4. The predicted molar refractivity (Wildman–Crippen MR) is 65.3 cm³/mol. The molecule has 4 nitrogen and oxygen atoms in total. The Morgan fingerprint density at radius 1 is 1.47 bits per heavy atom. The van der Waals surface area contributed by atoms with E-state index in [1.165, 1.54) is 12.1 Å². The van der Waals surface area contributed by atoms with Gasteiger partial charge >= 0.3 is 5.97 Å². The third-order valence-corrected chi connectivity index (χ3v) is 2.19. The second-order valence-electron chi connectivity index (χ2n) is 3.69. The van der Waals surface area contributed by atoms with Crippen molar-refractivity contribution < 1.29 is 19.4 Å². The number of carboxylic acid groups (broad SMARTS) is 1. The lowest BCUT2D eigenvalue weighted by Crippen LogP contribution is -2.09. The molecule has 17 heavy (non-hydrogen) atoms. The quantitative estimate of drug-likeness (QED) is 0.881. The second kappa shape index (κ2) is 5.77. The summed E-state index contributed by atoms with van der Waals surface area (Å²) < 4.78 is 10.9. The van der Waals surface area contributed by atoms with E-state index in [2.05, 4.69) is 0 Å². The molecule has 0 aliphatic heterocycles. The highest BCUT2D eigenvalue weighted by molar-refractivity contribution is 6.32. The minimum atomic E-state index is -1.05. The van der Waals surface area contributed by atoms with Gasteiger partial charge in [0.2, 0.25) is 0 Å². The molecule has 0 fully saturated rings. The fourth-order valence-electron chi connectivity index (χ4n) is 1.30. The summed E-state index contributed by atoms with van der Waals surface area (Å²) in [5, 5.41) is 9.16. The molecule has 0 aromatic heterocycles.